The van der Waals surface area contributed by atoms with Crippen molar-refractivity contribution in [1.29, 1.82) is 0 Å². The van der Waals surface area contributed by atoms with Crippen LogP contribution in [-0.4, -0.2) is 84.2 Å². The Labute approximate surface area is 238 Å². The summed E-state index contributed by atoms with van der Waals surface area (Å²) >= 11 is 5.90. The molecule has 0 aliphatic carbocycles. The zero-order chi connectivity index (χ0) is 29.7. The van der Waals surface area contributed by atoms with E-state index >= 15 is 0 Å². The first-order valence-electron chi connectivity index (χ1n) is 13.2. The van der Waals surface area contributed by atoms with Crippen molar-refractivity contribution in [2.24, 2.45) is 5.10 Å². The molecule has 0 N–H and O–H groups in total. The molecular weight excluding hydrogens is 574 g/mol. The average molecular weight is 603 g/mol. The third kappa shape index (κ3) is 6.46. The Morgan fingerprint density at radius 1 is 1.15 bits per heavy atom. The maximum atomic E-state index is 13.7. The Balaban J connectivity index is 1.35. The number of benzene rings is 1. The van der Waals surface area contributed by atoms with Crippen LogP contribution in [0.15, 0.2) is 35.4 Å². The van der Waals surface area contributed by atoms with Crippen molar-refractivity contribution in [3.63, 3.8) is 0 Å². The molecule has 5 rings (SSSR count). The highest BCUT2D eigenvalue weighted by Gasteiger charge is 2.42. The van der Waals surface area contributed by atoms with Gasteiger partial charge in [-0.2, -0.15) is 18.3 Å². The summed E-state index contributed by atoms with van der Waals surface area (Å²) in [6.45, 7) is 3.73. The van der Waals surface area contributed by atoms with Crippen molar-refractivity contribution < 1.29 is 31.1 Å². The second-order valence-electron chi connectivity index (χ2n) is 10.8. The largest absolute Gasteiger partial charge is 0.416 e. The Morgan fingerprint density at radius 3 is 2.46 bits per heavy atom. The number of hydrogen-bond acceptors (Lipinski definition) is 6. The van der Waals surface area contributed by atoms with Crippen LogP contribution in [0, 0.1) is 12.7 Å². The molecule has 0 radical (unpaired) electrons. The molecule has 1 atom stereocenters. The fourth-order valence-electron chi connectivity index (χ4n) is 5.43. The Bertz CT molecular complexity index is 1340. The van der Waals surface area contributed by atoms with Crippen molar-refractivity contribution in [2.75, 3.05) is 49.7 Å². The standard InChI is InChI=1S/C27H29ClF6N6O/c1-16-9-17(27(32,33)34)10-24(35-16)40-23(25(41)37(2)19-3-4-22(29)21(28)12-19)11-18(36-40)13-38-14-20(15-38)39-7-5-26(30,31)6-8-39/h3-4,9-10,12,20,23H,5-8,11,13-15H2,1-2H3. The molecule has 14 heteroatoms. The van der Waals surface area contributed by atoms with Gasteiger partial charge in [-0.1, -0.05) is 11.6 Å². The number of amides is 1. The number of anilines is 2. The van der Waals surface area contributed by atoms with E-state index in [2.05, 4.69) is 19.9 Å². The number of nitrogens with zero attached hydrogens (tertiary/aromatic N) is 6. The van der Waals surface area contributed by atoms with Crippen LogP contribution in [0.4, 0.5) is 37.8 Å². The summed E-state index contributed by atoms with van der Waals surface area (Å²) in [7, 11) is 1.47. The summed E-state index contributed by atoms with van der Waals surface area (Å²) in [6, 6.07) is 4.71. The van der Waals surface area contributed by atoms with E-state index in [1.54, 1.807) is 0 Å². The van der Waals surface area contributed by atoms with E-state index in [1.165, 1.54) is 36.0 Å². The number of piperidine rings is 1. The summed E-state index contributed by atoms with van der Waals surface area (Å²) in [4.78, 5) is 23.3. The number of aryl methyl sites for hydroxylation is 1. The molecule has 41 heavy (non-hydrogen) atoms. The van der Waals surface area contributed by atoms with E-state index in [-0.39, 0.29) is 41.8 Å². The smallest absolute Gasteiger partial charge is 0.314 e. The highest BCUT2D eigenvalue weighted by Crippen LogP contribution is 2.35. The molecule has 3 aliphatic heterocycles. The second-order valence-corrected chi connectivity index (χ2v) is 11.2. The second kappa shape index (κ2) is 11.1. The van der Waals surface area contributed by atoms with Gasteiger partial charge in [0.05, 0.1) is 16.3 Å². The third-order valence-electron chi connectivity index (χ3n) is 7.77. The number of aromatic nitrogens is 1. The van der Waals surface area contributed by atoms with E-state index in [9.17, 15) is 31.1 Å². The van der Waals surface area contributed by atoms with Gasteiger partial charge < -0.3 is 4.90 Å². The number of halogens is 7. The van der Waals surface area contributed by atoms with Crippen LogP contribution < -0.4 is 9.91 Å². The van der Waals surface area contributed by atoms with E-state index in [1.807, 2.05) is 0 Å². The molecule has 7 nitrogen and oxygen atoms in total. The highest BCUT2D eigenvalue weighted by molar-refractivity contribution is 6.31. The van der Waals surface area contributed by atoms with E-state index in [0.29, 0.717) is 44.1 Å². The molecule has 0 saturated carbocycles. The van der Waals surface area contributed by atoms with Gasteiger partial charge in [-0.25, -0.2) is 23.2 Å². The first-order chi connectivity index (χ1) is 19.2. The first kappa shape index (κ1) is 29.6. The van der Waals surface area contributed by atoms with Crippen LogP contribution in [0.5, 0.6) is 0 Å². The van der Waals surface area contributed by atoms with Gasteiger partial charge in [-0.05, 0) is 37.3 Å². The van der Waals surface area contributed by atoms with E-state index < -0.39 is 35.4 Å². The lowest BCUT2D eigenvalue weighted by molar-refractivity contribution is -0.137. The number of carbonyl (C=O) groups is 1. The third-order valence-corrected chi connectivity index (χ3v) is 8.06. The fourth-order valence-corrected chi connectivity index (χ4v) is 5.60. The number of carbonyl (C=O) groups excluding carboxylic acids is 1. The minimum absolute atomic E-state index is 0.112. The van der Waals surface area contributed by atoms with Crippen molar-refractivity contribution in [2.45, 2.75) is 50.4 Å². The number of alkyl halides is 5. The van der Waals surface area contributed by atoms with Gasteiger partial charge in [0, 0.05) is 76.5 Å². The van der Waals surface area contributed by atoms with Crippen LogP contribution in [-0.2, 0) is 11.0 Å². The maximum Gasteiger partial charge on any atom is 0.416 e. The van der Waals surface area contributed by atoms with Crippen molar-refractivity contribution >= 4 is 34.7 Å². The number of pyridine rings is 1. The molecule has 2 aromatic rings. The van der Waals surface area contributed by atoms with Gasteiger partial charge in [0.25, 0.3) is 11.8 Å². The number of likely N-dealkylation sites (tertiary alicyclic amines) is 2. The zero-order valence-corrected chi connectivity index (χ0v) is 23.2. The lowest BCUT2D eigenvalue weighted by atomic mass is 10.00. The molecule has 1 aromatic heterocycles. The first-order valence-corrected chi connectivity index (χ1v) is 13.6. The lowest BCUT2D eigenvalue weighted by Gasteiger charge is -2.47. The van der Waals surface area contributed by atoms with Gasteiger partial charge >= 0.3 is 6.18 Å². The van der Waals surface area contributed by atoms with Gasteiger partial charge in [-0.15, -0.1) is 0 Å². The van der Waals surface area contributed by atoms with Crippen LogP contribution in [0.2, 0.25) is 5.02 Å². The average Bonchev–Trinajstić information content (AvgIpc) is 3.30. The molecule has 0 bridgehead atoms. The molecule has 1 amide bonds. The zero-order valence-electron chi connectivity index (χ0n) is 22.4. The van der Waals surface area contributed by atoms with Crippen molar-refractivity contribution in [3.05, 3.63) is 52.4 Å². The monoisotopic (exact) mass is 602 g/mol. The van der Waals surface area contributed by atoms with E-state index in [4.69, 9.17) is 11.6 Å². The number of rotatable bonds is 6. The SMILES string of the molecule is Cc1cc(C(F)(F)F)cc(N2N=C(CN3CC(N4CCC(F)(F)CC4)C3)CC2C(=O)N(C)c2ccc(F)c(Cl)c2)n1. The summed E-state index contributed by atoms with van der Waals surface area (Å²) in [5.74, 6) is -3.88. The molecule has 3 aliphatic rings. The number of hydrogen-bond donors (Lipinski definition) is 0. The molecule has 2 saturated heterocycles. The van der Waals surface area contributed by atoms with E-state index in [0.717, 1.165) is 18.2 Å². The molecule has 1 aromatic carbocycles. The molecule has 0 spiro atoms. The normalized spacial score (nSPS) is 22.0. The highest BCUT2D eigenvalue weighted by atomic mass is 35.5. The molecule has 2 fully saturated rings. The van der Waals surface area contributed by atoms with Gasteiger partial charge in [0.2, 0.25) is 0 Å². The predicted molar refractivity (Wildman–Crippen MR) is 143 cm³/mol. The van der Waals surface area contributed by atoms with Crippen LogP contribution in [0.1, 0.15) is 30.5 Å². The van der Waals surface area contributed by atoms with Gasteiger partial charge in [-0.3, -0.25) is 14.6 Å². The molecular formula is C27H29ClF6N6O. The summed E-state index contributed by atoms with van der Waals surface area (Å²) in [5, 5.41) is 5.58. The molecule has 222 valence electrons. The summed E-state index contributed by atoms with van der Waals surface area (Å²) < 4.78 is 81.5. The molecule has 4 heterocycles. The minimum Gasteiger partial charge on any atom is -0.314 e. The Kier molecular flexibility index (Phi) is 7.99. The molecule has 1 unspecified atom stereocenters. The van der Waals surface area contributed by atoms with Crippen molar-refractivity contribution in [3.8, 4) is 0 Å². The fraction of sp³-hybridized carbons (Fsp3) is 0.519. The Morgan fingerprint density at radius 2 is 1.83 bits per heavy atom. The number of likely N-dealkylation sites (N-methyl/N-ethyl adjacent to an activating group) is 1. The number of hydrazone groups is 1. The Hall–Kier alpha value is -2.90. The van der Waals surface area contributed by atoms with Gasteiger partial charge in [0.15, 0.2) is 0 Å². The summed E-state index contributed by atoms with van der Waals surface area (Å²) in [6.07, 6.45) is -4.82. The summed E-state index contributed by atoms with van der Waals surface area (Å²) in [5.41, 5.74) is 0.0855. The van der Waals surface area contributed by atoms with Crippen LogP contribution in [0.3, 0.4) is 0 Å². The topological polar surface area (TPSA) is 55.3 Å². The quantitative estimate of drug-likeness (QED) is 0.425. The van der Waals surface area contributed by atoms with Gasteiger partial charge in [0.1, 0.15) is 17.7 Å². The van der Waals surface area contributed by atoms with Crippen molar-refractivity contribution in [1.82, 2.24) is 14.8 Å². The predicted octanol–water partition coefficient (Wildman–Crippen LogP) is 5.21. The maximum absolute atomic E-state index is 13.7. The van der Waals surface area contributed by atoms with Crippen LogP contribution in [0.25, 0.3) is 0 Å². The minimum atomic E-state index is -4.62. The lowest BCUT2D eigenvalue weighted by Crippen LogP contribution is -2.62. The van der Waals surface area contributed by atoms with Crippen LogP contribution >= 0.6 is 11.6 Å².